The molecule has 1 aliphatic carbocycles. The summed E-state index contributed by atoms with van der Waals surface area (Å²) in [6.45, 7) is 2.26. The fourth-order valence-electron chi connectivity index (χ4n) is 2.92. The van der Waals surface area contributed by atoms with Gasteiger partial charge in [-0.15, -0.1) is 0 Å². The number of allylic oxidation sites excluding steroid dienone is 1. The summed E-state index contributed by atoms with van der Waals surface area (Å²) in [6, 6.07) is 10.2. The van der Waals surface area contributed by atoms with Crippen molar-refractivity contribution in [2.24, 2.45) is 0 Å². The summed E-state index contributed by atoms with van der Waals surface area (Å²) in [4.78, 5) is 14.5. The lowest BCUT2D eigenvalue weighted by Crippen LogP contribution is -2.37. The average molecular weight is 256 g/mol. The smallest absolute Gasteiger partial charge is 0.180 e. The number of benzene rings is 1. The third-order valence-corrected chi connectivity index (χ3v) is 3.97. The van der Waals surface area contributed by atoms with E-state index >= 15 is 0 Å². The summed E-state index contributed by atoms with van der Waals surface area (Å²) >= 11 is 0. The van der Waals surface area contributed by atoms with Gasteiger partial charge in [0.15, 0.2) is 5.78 Å². The zero-order chi connectivity index (χ0) is 13.1. The molecule has 1 aromatic carbocycles. The van der Waals surface area contributed by atoms with Gasteiger partial charge >= 0.3 is 0 Å². The molecular formula is C16H20N2O. The standard InChI is InChI=1S/C16H20N2O/c19-16-12-14(18-9-5-2-6-10-18)11-15(16)17-13-7-3-1-4-8-13/h1,3-4,7-8,11,14,17H,2,5-6,9-10,12H2/t14-/m1/s1. The molecule has 19 heavy (non-hydrogen) atoms. The number of carbonyl (C=O) groups is 1. The molecule has 0 saturated carbocycles. The van der Waals surface area contributed by atoms with Crippen molar-refractivity contribution < 1.29 is 4.79 Å². The molecule has 1 saturated heterocycles. The Hall–Kier alpha value is -1.61. The van der Waals surface area contributed by atoms with Gasteiger partial charge in [-0.3, -0.25) is 9.69 Å². The maximum absolute atomic E-state index is 12.1. The van der Waals surface area contributed by atoms with E-state index in [1.807, 2.05) is 30.3 Å². The van der Waals surface area contributed by atoms with Crippen LogP contribution in [-0.2, 0) is 4.79 Å². The molecule has 0 aromatic heterocycles. The second kappa shape index (κ2) is 5.57. The lowest BCUT2D eigenvalue weighted by Gasteiger charge is -2.30. The van der Waals surface area contributed by atoms with E-state index in [1.165, 1.54) is 19.3 Å². The van der Waals surface area contributed by atoms with Crippen LogP contribution in [0.2, 0.25) is 0 Å². The lowest BCUT2D eigenvalue weighted by atomic mass is 10.1. The van der Waals surface area contributed by atoms with Crippen molar-refractivity contribution in [2.45, 2.75) is 31.7 Å². The number of piperidine rings is 1. The summed E-state index contributed by atoms with van der Waals surface area (Å²) < 4.78 is 0. The molecule has 2 aliphatic rings. The van der Waals surface area contributed by atoms with E-state index < -0.39 is 0 Å². The number of nitrogens with zero attached hydrogens (tertiary/aromatic N) is 1. The van der Waals surface area contributed by atoms with Crippen molar-refractivity contribution in [1.29, 1.82) is 0 Å². The van der Waals surface area contributed by atoms with Crippen LogP contribution < -0.4 is 5.32 Å². The number of para-hydroxylation sites is 1. The molecule has 0 amide bonds. The lowest BCUT2D eigenvalue weighted by molar-refractivity contribution is -0.115. The average Bonchev–Trinajstić information content (AvgIpc) is 2.82. The number of rotatable bonds is 3. The van der Waals surface area contributed by atoms with Gasteiger partial charge in [0.2, 0.25) is 0 Å². The van der Waals surface area contributed by atoms with Crippen LogP contribution in [0.15, 0.2) is 42.1 Å². The van der Waals surface area contributed by atoms with Crippen LogP contribution in [0.5, 0.6) is 0 Å². The Labute approximate surface area is 114 Å². The highest BCUT2D eigenvalue weighted by Crippen LogP contribution is 2.24. The molecule has 3 heteroatoms. The molecule has 1 aromatic rings. The summed E-state index contributed by atoms with van der Waals surface area (Å²) in [7, 11) is 0. The molecule has 1 heterocycles. The quantitative estimate of drug-likeness (QED) is 0.902. The molecule has 0 bridgehead atoms. The topological polar surface area (TPSA) is 32.3 Å². The van der Waals surface area contributed by atoms with E-state index in [4.69, 9.17) is 0 Å². The predicted octanol–water partition coefficient (Wildman–Crippen LogP) is 2.81. The Morgan fingerprint density at radius 3 is 2.53 bits per heavy atom. The normalized spacial score (nSPS) is 24.3. The minimum Gasteiger partial charge on any atom is -0.353 e. The van der Waals surface area contributed by atoms with Gasteiger partial charge in [-0.2, -0.15) is 0 Å². The van der Waals surface area contributed by atoms with Gasteiger partial charge in [0, 0.05) is 18.2 Å². The zero-order valence-corrected chi connectivity index (χ0v) is 11.1. The van der Waals surface area contributed by atoms with Crippen LogP contribution >= 0.6 is 0 Å². The Bertz CT molecular complexity index is 475. The Morgan fingerprint density at radius 1 is 1.05 bits per heavy atom. The van der Waals surface area contributed by atoms with Gasteiger partial charge in [-0.1, -0.05) is 24.6 Å². The molecule has 3 rings (SSSR count). The van der Waals surface area contributed by atoms with Crippen LogP contribution in [0.4, 0.5) is 5.69 Å². The van der Waals surface area contributed by atoms with E-state index in [1.54, 1.807) is 0 Å². The van der Waals surface area contributed by atoms with Crippen LogP contribution in [0.1, 0.15) is 25.7 Å². The first kappa shape index (κ1) is 12.4. The number of hydrogen-bond donors (Lipinski definition) is 1. The van der Waals surface area contributed by atoms with E-state index in [-0.39, 0.29) is 5.78 Å². The van der Waals surface area contributed by atoms with Crippen molar-refractivity contribution in [3.8, 4) is 0 Å². The molecule has 1 atom stereocenters. The highest BCUT2D eigenvalue weighted by atomic mass is 16.1. The predicted molar refractivity (Wildman–Crippen MR) is 77.0 cm³/mol. The molecule has 0 unspecified atom stereocenters. The molecule has 1 aliphatic heterocycles. The second-order valence-corrected chi connectivity index (χ2v) is 5.36. The first-order chi connectivity index (χ1) is 9.33. The first-order valence-electron chi connectivity index (χ1n) is 7.14. The Balaban J connectivity index is 1.69. The zero-order valence-electron chi connectivity index (χ0n) is 11.1. The van der Waals surface area contributed by atoms with Crippen molar-refractivity contribution in [3.05, 3.63) is 42.1 Å². The second-order valence-electron chi connectivity index (χ2n) is 5.36. The largest absolute Gasteiger partial charge is 0.353 e. The minimum absolute atomic E-state index is 0.236. The SMILES string of the molecule is O=C1C[C@H](N2CCCCC2)C=C1Nc1ccccc1. The number of hydrogen-bond acceptors (Lipinski definition) is 3. The van der Waals surface area contributed by atoms with Gasteiger partial charge in [0.25, 0.3) is 0 Å². The monoisotopic (exact) mass is 256 g/mol. The van der Waals surface area contributed by atoms with Crippen LogP contribution in [0, 0.1) is 0 Å². The van der Waals surface area contributed by atoms with Crippen molar-refractivity contribution >= 4 is 11.5 Å². The maximum Gasteiger partial charge on any atom is 0.180 e. The number of carbonyl (C=O) groups excluding carboxylic acids is 1. The van der Waals surface area contributed by atoms with Crippen LogP contribution in [-0.4, -0.2) is 29.8 Å². The molecular weight excluding hydrogens is 236 g/mol. The van der Waals surface area contributed by atoms with Crippen molar-refractivity contribution in [2.75, 3.05) is 18.4 Å². The summed E-state index contributed by atoms with van der Waals surface area (Å²) in [5.41, 5.74) is 1.75. The fourth-order valence-corrected chi connectivity index (χ4v) is 2.92. The Morgan fingerprint density at radius 2 is 1.79 bits per heavy atom. The highest BCUT2D eigenvalue weighted by molar-refractivity contribution is 6.01. The van der Waals surface area contributed by atoms with Crippen LogP contribution in [0.3, 0.4) is 0 Å². The molecule has 0 spiro atoms. The van der Waals surface area contributed by atoms with E-state index in [9.17, 15) is 4.79 Å². The minimum atomic E-state index is 0.236. The third kappa shape index (κ3) is 2.87. The number of Topliss-reactive ketones (excluding diaryl/α,β-unsaturated/α-hetero) is 1. The van der Waals surface area contributed by atoms with Gasteiger partial charge in [0.1, 0.15) is 0 Å². The number of likely N-dealkylation sites (tertiary alicyclic amines) is 1. The summed E-state index contributed by atoms with van der Waals surface area (Å²) in [5, 5.41) is 3.24. The van der Waals surface area contributed by atoms with Gasteiger partial charge in [0.05, 0.1) is 5.70 Å². The molecule has 1 fully saturated rings. The summed E-state index contributed by atoms with van der Waals surface area (Å²) in [5.74, 6) is 0.236. The van der Waals surface area contributed by atoms with Gasteiger partial charge < -0.3 is 5.32 Å². The van der Waals surface area contributed by atoms with E-state index in [0.29, 0.717) is 12.5 Å². The molecule has 1 N–H and O–H groups in total. The maximum atomic E-state index is 12.1. The van der Waals surface area contributed by atoms with Crippen LogP contribution in [0.25, 0.3) is 0 Å². The van der Waals surface area contributed by atoms with E-state index in [0.717, 1.165) is 24.5 Å². The fraction of sp³-hybridized carbons (Fsp3) is 0.438. The van der Waals surface area contributed by atoms with Gasteiger partial charge in [-0.05, 0) is 44.1 Å². The Kier molecular flexibility index (Phi) is 3.65. The summed E-state index contributed by atoms with van der Waals surface area (Å²) in [6.07, 6.45) is 6.60. The van der Waals surface area contributed by atoms with Crippen molar-refractivity contribution in [1.82, 2.24) is 4.90 Å². The first-order valence-corrected chi connectivity index (χ1v) is 7.14. The van der Waals surface area contributed by atoms with Crippen molar-refractivity contribution in [3.63, 3.8) is 0 Å². The van der Waals surface area contributed by atoms with E-state index in [2.05, 4.69) is 16.3 Å². The number of anilines is 1. The highest BCUT2D eigenvalue weighted by Gasteiger charge is 2.29. The third-order valence-electron chi connectivity index (χ3n) is 3.97. The number of nitrogens with one attached hydrogen (secondary N) is 1. The molecule has 0 radical (unpaired) electrons. The van der Waals surface area contributed by atoms with Gasteiger partial charge in [-0.25, -0.2) is 0 Å². The molecule has 100 valence electrons. The molecule has 3 nitrogen and oxygen atoms in total. The number of ketones is 1.